The van der Waals surface area contributed by atoms with Crippen LogP contribution in [0.1, 0.15) is 25.7 Å². The Balaban J connectivity index is 2.19. The fraction of sp³-hybridized carbons (Fsp3) is 0.667. The van der Waals surface area contributed by atoms with Gasteiger partial charge < -0.3 is 15.7 Å². The molecule has 0 aromatic heterocycles. The van der Waals surface area contributed by atoms with Gasteiger partial charge in [-0.25, -0.2) is 0 Å². The topological polar surface area (TPSA) is 83.6 Å². The molecule has 102 valence electrons. The maximum absolute atomic E-state index is 11.8. The number of nitrogens with zero attached hydrogens (tertiary/aromatic N) is 1. The number of hydrogen-bond acceptors (Lipinski definition) is 4. The van der Waals surface area contributed by atoms with Gasteiger partial charge in [0, 0.05) is 12.7 Å². The van der Waals surface area contributed by atoms with Crippen LogP contribution in [0.15, 0.2) is 11.8 Å². The lowest BCUT2D eigenvalue weighted by Crippen LogP contribution is -2.31. The quantitative estimate of drug-likeness (QED) is 0.677. The molecule has 0 bridgehead atoms. The van der Waals surface area contributed by atoms with Crippen LogP contribution in [-0.2, 0) is 9.59 Å². The first kappa shape index (κ1) is 15.0. The smallest absolute Gasteiger partial charge is 0.320 e. The zero-order valence-electron chi connectivity index (χ0n) is 10.6. The minimum atomic E-state index is -0.991. The van der Waals surface area contributed by atoms with E-state index >= 15 is 0 Å². The maximum Gasteiger partial charge on any atom is 0.320 e. The predicted octanol–water partition coefficient (Wildman–Crippen LogP) is 1.05. The van der Waals surface area contributed by atoms with Crippen molar-refractivity contribution in [2.75, 3.05) is 18.6 Å². The van der Waals surface area contributed by atoms with Crippen molar-refractivity contribution in [2.24, 2.45) is 5.73 Å². The number of nitrogens with two attached hydrogens (primary N) is 1. The van der Waals surface area contributed by atoms with Crippen LogP contribution in [0.4, 0.5) is 0 Å². The Labute approximate surface area is 111 Å². The molecule has 0 aromatic carbocycles. The first-order chi connectivity index (χ1) is 8.52. The number of allylic oxidation sites excluding steroid dienone is 2. The second-order valence-electron chi connectivity index (χ2n) is 4.33. The summed E-state index contributed by atoms with van der Waals surface area (Å²) >= 11 is 1.43. The van der Waals surface area contributed by atoms with Crippen LogP contribution in [0.2, 0.25) is 0 Å². The van der Waals surface area contributed by atoms with Crippen LogP contribution in [0.3, 0.4) is 0 Å². The largest absolute Gasteiger partial charge is 0.480 e. The molecule has 0 saturated carbocycles. The molecule has 0 spiro atoms. The summed E-state index contributed by atoms with van der Waals surface area (Å²) < 4.78 is 0. The van der Waals surface area contributed by atoms with Gasteiger partial charge >= 0.3 is 5.97 Å². The standard InChI is InChI=1S/C12H20N2O3S/c1-14(9-4-2-3-5-9)11(15)8-18-7-6-10(13)12(16)17/h4,10H,2-3,5-8,13H2,1H3,(H,16,17). The lowest BCUT2D eigenvalue weighted by atomic mass is 10.2. The van der Waals surface area contributed by atoms with Gasteiger partial charge in [0.2, 0.25) is 5.91 Å². The van der Waals surface area contributed by atoms with Gasteiger partial charge in [-0.05, 0) is 31.4 Å². The van der Waals surface area contributed by atoms with Crippen molar-refractivity contribution >= 4 is 23.6 Å². The number of hydrogen-bond donors (Lipinski definition) is 2. The average Bonchev–Trinajstić information content (AvgIpc) is 2.86. The summed E-state index contributed by atoms with van der Waals surface area (Å²) in [6.45, 7) is 0. The van der Waals surface area contributed by atoms with Gasteiger partial charge in [-0.15, -0.1) is 0 Å². The molecule has 0 aromatic rings. The summed E-state index contributed by atoms with van der Waals surface area (Å²) in [6, 6.07) is -0.831. The average molecular weight is 272 g/mol. The second kappa shape index (κ2) is 7.43. The highest BCUT2D eigenvalue weighted by Gasteiger charge is 2.16. The molecule has 1 unspecified atom stereocenters. The minimum Gasteiger partial charge on any atom is -0.480 e. The molecule has 5 nitrogen and oxygen atoms in total. The van der Waals surface area contributed by atoms with E-state index < -0.39 is 12.0 Å². The van der Waals surface area contributed by atoms with E-state index in [1.54, 1.807) is 11.9 Å². The molecule has 1 rings (SSSR count). The van der Waals surface area contributed by atoms with E-state index in [4.69, 9.17) is 10.8 Å². The van der Waals surface area contributed by atoms with Gasteiger partial charge in [0.25, 0.3) is 0 Å². The summed E-state index contributed by atoms with van der Waals surface area (Å²) in [5, 5.41) is 8.61. The van der Waals surface area contributed by atoms with Gasteiger partial charge in [-0.3, -0.25) is 9.59 Å². The highest BCUT2D eigenvalue weighted by molar-refractivity contribution is 7.99. The van der Waals surface area contributed by atoms with Gasteiger partial charge in [0.15, 0.2) is 0 Å². The number of carboxylic acid groups (broad SMARTS) is 1. The number of amides is 1. The molecular weight excluding hydrogens is 252 g/mol. The van der Waals surface area contributed by atoms with Crippen LogP contribution in [0.25, 0.3) is 0 Å². The fourth-order valence-electron chi connectivity index (χ4n) is 1.71. The molecule has 18 heavy (non-hydrogen) atoms. The number of aliphatic carboxylic acids is 1. The number of thioether (sulfide) groups is 1. The zero-order valence-corrected chi connectivity index (χ0v) is 11.4. The Morgan fingerprint density at radius 2 is 2.33 bits per heavy atom. The van der Waals surface area contributed by atoms with Gasteiger partial charge in [0.1, 0.15) is 6.04 Å². The Hall–Kier alpha value is -1.01. The zero-order chi connectivity index (χ0) is 13.5. The summed E-state index contributed by atoms with van der Waals surface area (Å²) in [5.41, 5.74) is 6.48. The van der Waals surface area contributed by atoms with E-state index in [1.807, 2.05) is 0 Å². The van der Waals surface area contributed by atoms with Gasteiger partial charge in [0.05, 0.1) is 5.75 Å². The van der Waals surface area contributed by atoms with E-state index in [1.165, 1.54) is 11.8 Å². The Kier molecular flexibility index (Phi) is 6.21. The number of rotatable bonds is 7. The molecule has 1 atom stereocenters. The summed E-state index contributed by atoms with van der Waals surface area (Å²) in [7, 11) is 1.79. The highest BCUT2D eigenvalue weighted by atomic mass is 32.2. The van der Waals surface area contributed by atoms with Crippen molar-refractivity contribution in [3.8, 4) is 0 Å². The Bertz CT molecular complexity index is 344. The fourth-order valence-corrected chi connectivity index (χ4v) is 2.64. The van der Waals surface area contributed by atoms with Crippen LogP contribution >= 0.6 is 11.8 Å². The molecule has 3 N–H and O–H groups in total. The van der Waals surface area contributed by atoms with E-state index in [0.717, 1.165) is 25.0 Å². The minimum absolute atomic E-state index is 0.0667. The predicted molar refractivity (Wildman–Crippen MR) is 72.3 cm³/mol. The third-order valence-corrected chi connectivity index (χ3v) is 3.91. The van der Waals surface area contributed by atoms with Crippen molar-refractivity contribution in [2.45, 2.75) is 31.7 Å². The Morgan fingerprint density at radius 3 is 2.89 bits per heavy atom. The lowest BCUT2D eigenvalue weighted by Gasteiger charge is -2.18. The number of carbonyl (C=O) groups excluding carboxylic acids is 1. The molecule has 1 aliphatic rings. The lowest BCUT2D eigenvalue weighted by molar-refractivity contribution is -0.138. The summed E-state index contributed by atoms with van der Waals surface area (Å²) in [6.07, 6.45) is 5.63. The van der Waals surface area contributed by atoms with E-state index in [9.17, 15) is 9.59 Å². The number of carboxylic acids is 1. The van der Waals surface area contributed by atoms with E-state index in [-0.39, 0.29) is 5.91 Å². The Morgan fingerprint density at radius 1 is 1.61 bits per heavy atom. The summed E-state index contributed by atoms with van der Waals surface area (Å²) in [4.78, 5) is 24.0. The third kappa shape index (κ3) is 4.70. The molecule has 0 aliphatic heterocycles. The van der Waals surface area contributed by atoms with Gasteiger partial charge in [-0.1, -0.05) is 6.08 Å². The van der Waals surface area contributed by atoms with E-state index in [0.29, 0.717) is 17.9 Å². The number of carbonyl (C=O) groups is 2. The molecule has 0 radical (unpaired) electrons. The van der Waals surface area contributed by atoms with Crippen LogP contribution in [0, 0.1) is 0 Å². The first-order valence-electron chi connectivity index (χ1n) is 6.04. The molecule has 6 heteroatoms. The monoisotopic (exact) mass is 272 g/mol. The van der Waals surface area contributed by atoms with Crippen molar-refractivity contribution < 1.29 is 14.7 Å². The maximum atomic E-state index is 11.8. The molecule has 0 saturated heterocycles. The van der Waals surface area contributed by atoms with E-state index in [2.05, 4.69) is 6.08 Å². The first-order valence-corrected chi connectivity index (χ1v) is 7.19. The molecular formula is C12H20N2O3S. The molecule has 1 aliphatic carbocycles. The molecule has 1 amide bonds. The molecule has 0 heterocycles. The van der Waals surface area contributed by atoms with Crippen LogP contribution in [0.5, 0.6) is 0 Å². The van der Waals surface area contributed by atoms with Crippen molar-refractivity contribution in [1.29, 1.82) is 0 Å². The second-order valence-corrected chi connectivity index (χ2v) is 5.43. The SMILES string of the molecule is CN(C(=O)CSCCC(N)C(=O)O)C1=CCCC1. The van der Waals surface area contributed by atoms with Crippen molar-refractivity contribution in [3.05, 3.63) is 11.8 Å². The van der Waals surface area contributed by atoms with Gasteiger partial charge in [-0.2, -0.15) is 11.8 Å². The van der Waals surface area contributed by atoms with Crippen LogP contribution < -0.4 is 5.73 Å². The highest BCUT2D eigenvalue weighted by Crippen LogP contribution is 2.21. The van der Waals surface area contributed by atoms with Crippen molar-refractivity contribution in [1.82, 2.24) is 4.90 Å². The van der Waals surface area contributed by atoms with Crippen LogP contribution in [-0.4, -0.2) is 46.5 Å². The summed E-state index contributed by atoms with van der Waals surface area (Å²) in [5.74, 6) is 0.0407. The molecule has 0 fully saturated rings. The van der Waals surface area contributed by atoms with Crippen molar-refractivity contribution in [3.63, 3.8) is 0 Å². The third-order valence-electron chi connectivity index (χ3n) is 2.94. The normalized spacial score (nSPS) is 16.2.